The third-order valence-electron chi connectivity index (χ3n) is 4.02. The van der Waals surface area contributed by atoms with Crippen LogP contribution in [0, 0.1) is 11.3 Å². The molecule has 0 aromatic heterocycles. The highest BCUT2D eigenvalue weighted by Gasteiger charge is 2.47. The van der Waals surface area contributed by atoms with Gasteiger partial charge in [0.15, 0.2) is 12.2 Å². The molecular formula is C18H23N5O9. The van der Waals surface area contributed by atoms with Crippen molar-refractivity contribution in [3.8, 4) is 6.07 Å². The van der Waals surface area contributed by atoms with Crippen LogP contribution in [-0.4, -0.2) is 74.5 Å². The average Bonchev–Trinajstić information content (AvgIpc) is 2.72. The van der Waals surface area contributed by atoms with Gasteiger partial charge in [-0.15, -0.1) is 0 Å². The second-order valence-corrected chi connectivity index (χ2v) is 6.40. The third kappa shape index (κ3) is 7.78. The predicted octanol–water partition coefficient (Wildman–Crippen LogP) is 0.0293. The van der Waals surface area contributed by atoms with E-state index in [0.717, 1.165) is 21.0 Å². The smallest absolute Gasteiger partial charge is 0.373 e. The minimum Gasteiger partial charge on any atom is -0.477 e. The Bertz CT molecular complexity index is 842. The van der Waals surface area contributed by atoms with Crippen molar-refractivity contribution in [3.63, 3.8) is 0 Å². The molecule has 0 aromatic rings. The molecule has 0 spiro atoms. The first-order valence-electron chi connectivity index (χ1n) is 9.22. The summed E-state index contributed by atoms with van der Waals surface area (Å²) in [6.45, 7) is 2.48. The van der Waals surface area contributed by atoms with E-state index in [1.54, 1.807) is 6.07 Å². The highest BCUT2D eigenvalue weighted by Crippen LogP contribution is 2.28. The second-order valence-electron chi connectivity index (χ2n) is 6.40. The summed E-state index contributed by atoms with van der Waals surface area (Å²) in [5.74, 6) is -3.41. The number of hydrogen-bond donors (Lipinski definition) is 1. The normalized spacial score (nSPS) is 21.2. The Morgan fingerprint density at radius 2 is 1.94 bits per heavy atom. The maximum atomic E-state index is 12.1. The molecule has 0 saturated heterocycles. The molecule has 14 heteroatoms. The topological polar surface area (TPSA) is 199 Å². The molecule has 0 aliphatic carbocycles. The van der Waals surface area contributed by atoms with Gasteiger partial charge in [0, 0.05) is 25.7 Å². The molecule has 1 aliphatic rings. The van der Waals surface area contributed by atoms with Gasteiger partial charge < -0.3 is 29.0 Å². The van der Waals surface area contributed by atoms with Crippen LogP contribution in [0.2, 0.25) is 0 Å². The van der Waals surface area contributed by atoms with Crippen LogP contribution in [0.5, 0.6) is 0 Å². The van der Waals surface area contributed by atoms with E-state index in [2.05, 4.69) is 20.1 Å². The van der Waals surface area contributed by atoms with Gasteiger partial charge in [-0.05, 0) is 11.6 Å². The third-order valence-corrected chi connectivity index (χ3v) is 4.02. The lowest BCUT2D eigenvalue weighted by molar-refractivity contribution is -0.183. The van der Waals surface area contributed by atoms with Crippen LogP contribution in [0.3, 0.4) is 0 Å². The quantitative estimate of drug-likeness (QED) is 0.155. The summed E-state index contributed by atoms with van der Waals surface area (Å²) in [7, 11) is 1.10. The highest BCUT2D eigenvalue weighted by atomic mass is 16.6. The van der Waals surface area contributed by atoms with E-state index >= 15 is 0 Å². The Kier molecular flexibility index (Phi) is 10.5. The number of nitrogens with one attached hydrogen (secondary N) is 1. The number of esters is 3. The number of methoxy groups -OCH3 is 1. The average molecular weight is 453 g/mol. The van der Waals surface area contributed by atoms with E-state index in [0.29, 0.717) is 0 Å². The maximum absolute atomic E-state index is 12.1. The van der Waals surface area contributed by atoms with Crippen LogP contribution in [0.15, 0.2) is 16.9 Å². The van der Waals surface area contributed by atoms with Gasteiger partial charge in [0.1, 0.15) is 18.8 Å². The lowest BCUT2D eigenvalue weighted by Crippen LogP contribution is -2.61. The zero-order valence-corrected chi connectivity index (χ0v) is 17.8. The van der Waals surface area contributed by atoms with Gasteiger partial charge in [-0.2, -0.15) is 5.26 Å². The number of ether oxygens (including phenoxy) is 5. The second kappa shape index (κ2) is 12.8. The summed E-state index contributed by atoms with van der Waals surface area (Å²) >= 11 is 0. The standard InChI is InChI=1S/C18H23N5O9/c1-9(24)22-15-12(29-6-5-19)7-13(18(27)28-4)32-17(15)16(31-11(3)26)14(8-21-23-20)30-10(2)25/h7,12,14-17H,6,8H2,1-4H3,(H,22,24)/t12-,14+,15+,16-,17+/m0/s1. The van der Waals surface area contributed by atoms with Crippen LogP contribution in [0.1, 0.15) is 20.8 Å². The van der Waals surface area contributed by atoms with Crippen molar-refractivity contribution in [2.45, 2.75) is 51.2 Å². The van der Waals surface area contributed by atoms with Crippen LogP contribution < -0.4 is 5.32 Å². The predicted molar refractivity (Wildman–Crippen MR) is 103 cm³/mol. The molecule has 1 amide bonds. The number of nitrogens with zero attached hydrogens (tertiary/aromatic N) is 4. The van der Waals surface area contributed by atoms with Crippen molar-refractivity contribution >= 4 is 23.8 Å². The monoisotopic (exact) mass is 453 g/mol. The minimum atomic E-state index is -1.46. The largest absolute Gasteiger partial charge is 0.477 e. The van der Waals surface area contributed by atoms with E-state index in [1.807, 2.05) is 0 Å². The molecule has 1 heterocycles. The Balaban J connectivity index is 3.57. The van der Waals surface area contributed by atoms with Crippen molar-refractivity contribution in [2.24, 2.45) is 5.11 Å². The summed E-state index contributed by atoms with van der Waals surface area (Å²) in [5.41, 5.74) is 8.68. The Labute approximate surface area is 183 Å². The summed E-state index contributed by atoms with van der Waals surface area (Å²) in [6.07, 6.45) is -4.08. The summed E-state index contributed by atoms with van der Waals surface area (Å²) in [5, 5.41) is 14.8. The van der Waals surface area contributed by atoms with Gasteiger partial charge in [-0.1, -0.05) is 5.11 Å². The fourth-order valence-electron chi connectivity index (χ4n) is 2.96. The van der Waals surface area contributed by atoms with Crippen molar-refractivity contribution in [2.75, 3.05) is 20.3 Å². The molecule has 0 fully saturated rings. The van der Waals surface area contributed by atoms with Crippen molar-refractivity contribution in [3.05, 3.63) is 22.3 Å². The molecule has 5 atom stereocenters. The summed E-state index contributed by atoms with van der Waals surface area (Å²) in [6, 6.07) is 0.660. The minimum absolute atomic E-state index is 0.357. The van der Waals surface area contributed by atoms with Crippen LogP contribution >= 0.6 is 0 Å². The van der Waals surface area contributed by atoms with Crippen molar-refractivity contribution in [1.82, 2.24) is 5.32 Å². The fraction of sp³-hybridized carbons (Fsp3) is 0.611. The van der Waals surface area contributed by atoms with Gasteiger partial charge in [-0.3, -0.25) is 14.4 Å². The molecule has 0 aromatic carbocycles. The first kappa shape index (κ1) is 26.2. The van der Waals surface area contributed by atoms with E-state index in [4.69, 9.17) is 29.7 Å². The summed E-state index contributed by atoms with van der Waals surface area (Å²) in [4.78, 5) is 50.0. The lowest BCUT2D eigenvalue weighted by atomic mass is 9.93. The molecular weight excluding hydrogens is 430 g/mol. The number of azide groups is 1. The van der Waals surface area contributed by atoms with Gasteiger partial charge in [0.05, 0.1) is 25.8 Å². The number of amides is 1. The first-order valence-corrected chi connectivity index (χ1v) is 9.22. The van der Waals surface area contributed by atoms with E-state index in [9.17, 15) is 19.2 Å². The van der Waals surface area contributed by atoms with Crippen LogP contribution in [-0.2, 0) is 42.9 Å². The van der Waals surface area contributed by atoms with Gasteiger partial charge in [-0.25, -0.2) is 4.79 Å². The van der Waals surface area contributed by atoms with Gasteiger partial charge >= 0.3 is 17.9 Å². The van der Waals surface area contributed by atoms with E-state index in [1.165, 1.54) is 13.0 Å². The molecule has 174 valence electrons. The number of carbonyl (C=O) groups is 4. The highest BCUT2D eigenvalue weighted by molar-refractivity contribution is 5.86. The Morgan fingerprint density at radius 3 is 2.44 bits per heavy atom. The first-order chi connectivity index (χ1) is 15.1. The SMILES string of the molecule is COC(=O)C1=C[C@H](OCC#N)[C@@H](NC(C)=O)[C@H]([C@@H](OC(C)=O)[C@@H](CN=[N+]=[N-])OC(C)=O)O1. The number of hydrogen-bond acceptors (Lipinski definition) is 11. The van der Waals surface area contributed by atoms with Crippen LogP contribution in [0.4, 0.5) is 0 Å². The van der Waals surface area contributed by atoms with Crippen molar-refractivity contribution in [1.29, 1.82) is 5.26 Å². The van der Waals surface area contributed by atoms with E-state index in [-0.39, 0.29) is 5.76 Å². The Morgan fingerprint density at radius 1 is 1.28 bits per heavy atom. The van der Waals surface area contributed by atoms with E-state index < -0.39 is 67.4 Å². The molecule has 32 heavy (non-hydrogen) atoms. The molecule has 0 saturated carbocycles. The van der Waals surface area contributed by atoms with Gasteiger partial charge in [0.25, 0.3) is 0 Å². The van der Waals surface area contributed by atoms with Gasteiger partial charge in [0.2, 0.25) is 11.7 Å². The number of carbonyl (C=O) groups excluding carboxylic acids is 4. The molecule has 1 aliphatic heterocycles. The number of nitriles is 1. The fourth-order valence-corrected chi connectivity index (χ4v) is 2.96. The Hall–Kier alpha value is -3.82. The number of rotatable bonds is 10. The molecule has 0 unspecified atom stereocenters. The molecule has 1 rings (SSSR count). The molecule has 0 radical (unpaired) electrons. The molecule has 1 N–H and O–H groups in total. The zero-order valence-electron chi connectivity index (χ0n) is 17.8. The molecule has 14 nitrogen and oxygen atoms in total. The van der Waals surface area contributed by atoms with Crippen LogP contribution in [0.25, 0.3) is 10.4 Å². The zero-order chi connectivity index (χ0) is 24.3. The van der Waals surface area contributed by atoms with Crippen molar-refractivity contribution < 1.29 is 42.9 Å². The maximum Gasteiger partial charge on any atom is 0.373 e. The molecule has 0 bridgehead atoms. The lowest BCUT2D eigenvalue weighted by Gasteiger charge is -2.41. The summed E-state index contributed by atoms with van der Waals surface area (Å²) < 4.78 is 26.2.